The molecule has 0 bridgehead atoms. The number of nitrogens with one attached hydrogen (secondary N) is 1. The van der Waals surface area contributed by atoms with E-state index in [4.69, 9.17) is 0 Å². The minimum atomic E-state index is -0.513. The van der Waals surface area contributed by atoms with Gasteiger partial charge < -0.3 is 0 Å². The lowest BCUT2D eigenvalue weighted by atomic mass is 10.2. The van der Waals surface area contributed by atoms with Crippen LogP contribution in [0.15, 0.2) is 46.9 Å². The van der Waals surface area contributed by atoms with Crippen LogP contribution in [0.5, 0.6) is 0 Å². The van der Waals surface area contributed by atoms with Gasteiger partial charge in [0.15, 0.2) is 0 Å². The van der Waals surface area contributed by atoms with E-state index in [9.17, 15) is 14.9 Å². The van der Waals surface area contributed by atoms with Crippen molar-refractivity contribution in [3.63, 3.8) is 0 Å². The standard InChI is InChI=1S/C13H11N3O3S/c1-9(12-3-2-8-20-12)14-15-13(17)10-4-6-11(7-5-10)16(18)19/h2-8H,1H3,(H,15,17)/b14-9-. The van der Waals surface area contributed by atoms with Gasteiger partial charge in [-0.15, -0.1) is 11.3 Å². The van der Waals surface area contributed by atoms with Gasteiger partial charge in [-0.05, 0) is 30.5 Å². The number of benzene rings is 1. The van der Waals surface area contributed by atoms with Crippen molar-refractivity contribution < 1.29 is 9.72 Å². The predicted molar refractivity (Wildman–Crippen MR) is 77.1 cm³/mol. The molecule has 0 spiro atoms. The van der Waals surface area contributed by atoms with Crippen molar-refractivity contribution >= 4 is 28.6 Å². The Balaban J connectivity index is 2.05. The van der Waals surface area contributed by atoms with E-state index in [-0.39, 0.29) is 5.69 Å². The van der Waals surface area contributed by atoms with Gasteiger partial charge in [-0.3, -0.25) is 14.9 Å². The van der Waals surface area contributed by atoms with E-state index in [0.29, 0.717) is 11.3 Å². The lowest BCUT2D eigenvalue weighted by molar-refractivity contribution is -0.384. The third-order valence-electron chi connectivity index (χ3n) is 2.54. The third-order valence-corrected chi connectivity index (χ3v) is 3.52. The highest BCUT2D eigenvalue weighted by Gasteiger charge is 2.09. The Morgan fingerprint density at radius 2 is 2.00 bits per heavy atom. The Bertz CT molecular complexity index is 648. The minimum absolute atomic E-state index is 0.0557. The molecule has 20 heavy (non-hydrogen) atoms. The number of hydrogen-bond donors (Lipinski definition) is 1. The monoisotopic (exact) mass is 289 g/mol. The van der Waals surface area contributed by atoms with Gasteiger partial charge in [-0.1, -0.05) is 6.07 Å². The first kappa shape index (κ1) is 13.9. The van der Waals surface area contributed by atoms with Crippen LogP contribution >= 0.6 is 11.3 Å². The maximum Gasteiger partial charge on any atom is 0.271 e. The van der Waals surface area contributed by atoms with E-state index in [1.165, 1.54) is 35.6 Å². The van der Waals surface area contributed by atoms with Gasteiger partial charge in [0, 0.05) is 22.6 Å². The van der Waals surface area contributed by atoms with Crippen LogP contribution in [0.1, 0.15) is 22.2 Å². The van der Waals surface area contributed by atoms with Crippen LogP contribution in [0.3, 0.4) is 0 Å². The molecule has 0 saturated heterocycles. The van der Waals surface area contributed by atoms with E-state index >= 15 is 0 Å². The smallest absolute Gasteiger partial charge is 0.267 e. The fourth-order valence-corrected chi connectivity index (χ4v) is 2.15. The van der Waals surface area contributed by atoms with E-state index < -0.39 is 10.8 Å². The number of carbonyl (C=O) groups is 1. The van der Waals surface area contributed by atoms with Crippen molar-refractivity contribution in [2.75, 3.05) is 0 Å². The number of nitro benzene ring substituents is 1. The summed E-state index contributed by atoms with van der Waals surface area (Å²) in [7, 11) is 0. The van der Waals surface area contributed by atoms with Crippen molar-refractivity contribution in [3.8, 4) is 0 Å². The minimum Gasteiger partial charge on any atom is -0.267 e. The average Bonchev–Trinajstić information content (AvgIpc) is 2.98. The Kier molecular flexibility index (Phi) is 4.21. The summed E-state index contributed by atoms with van der Waals surface area (Å²) in [6.07, 6.45) is 0. The van der Waals surface area contributed by atoms with Crippen LogP contribution in [-0.2, 0) is 0 Å². The maximum atomic E-state index is 11.8. The number of carbonyl (C=O) groups excluding carboxylic acids is 1. The van der Waals surface area contributed by atoms with Crippen molar-refractivity contribution in [1.29, 1.82) is 0 Å². The van der Waals surface area contributed by atoms with E-state index in [1.54, 1.807) is 6.92 Å². The topological polar surface area (TPSA) is 84.6 Å². The molecule has 1 aromatic heterocycles. The van der Waals surface area contributed by atoms with E-state index in [0.717, 1.165) is 4.88 Å². The van der Waals surface area contributed by atoms with Gasteiger partial charge in [-0.2, -0.15) is 5.10 Å². The highest BCUT2D eigenvalue weighted by atomic mass is 32.1. The molecule has 0 aliphatic carbocycles. The summed E-state index contributed by atoms with van der Waals surface area (Å²) in [5, 5.41) is 16.4. The summed E-state index contributed by atoms with van der Waals surface area (Å²) in [6.45, 7) is 1.79. The lowest BCUT2D eigenvalue weighted by Crippen LogP contribution is -2.19. The summed E-state index contributed by atoms with van der Waals surface area (Å²) in [6, 6.07) is 9.15. The molecule has 1 aromatic carbocycles. The molecule has 0 saturated carbocycles. The summed E-state index contributed by atoms with van der Waals surface area (Å²) in [5.74, 6) is -0.407. The Morgan fingerprint density at radius 3 is 2.55 bits per heavy atom. The Labute approximate surface area is 118 Å². The van der Waals surface area contributed by atoms with Crippen LogP contribution in [0, 0.1) is 10.1 Å². The van der Waals surface area contributed by atoms with E-state index in [2.05, 4.69) is 10.5 Å². The third kappa shape index (κ3) is 3.27. The predicted octanol–water partition coefficient (Wildman–Crippen LogP) is 2.81. The molecular weight excluding hydrogens is 278 g/mol. The van der Waals surface area contributed by atoms with Gasteiger partial charge in [-0.25, -0.2) is 5.43 Å². The summed E-state index contributed by atoms with van der Waals surface area (Å²) in [4.78, 5) is 22.8. The van der Waals surface area contributed by atoms with Crippen molar-refractivity contribution in [2.45, 2.75) is 6.92 Å². The fraction of sp³-hybridized carbons (Fsp3) is 0.0769. The molecule has 0 aliphatic heterocycles. The van der Waals surface area contributed by atoms with Crippen LogP contribution in [-0.4, -0.2) is 16.5 Å². The van der Waals surface area contributed by atoms with Gasteiger partial charge in [0.1, 0.15) is 0 Å². The first-order valence-electron chi connectivity index (χ1n) is 5.71. The highest BCUT2D eigenvalue weighted by Crippen LogP contribution is 2.12. The van der Waals surface area contributed by atoms with Crippen LogP contribution in [0.25, 0.3) is 0 Å². The molecule has 1 heterocycles. The Hall–Kier alpha value is -2.54. The zero-order valence-corrected chi connectivity index (χ0v) is 11.4. The molecule has 0 unspecified atom stereocenters. The molecule has 6 nitrogen and oxygen atoms in total. The molecular formula is C13H11N3O3S. The molecule has 7 heteroatoms. The average molecular weight is 289 g/mol. The zero-order valence-electron chi connectivity index (χ0n) is 10.6. The number of hydrazone groups is 1. The quantitative estimate of drug-likeness (QED) is 0.533. The molecule has 2 aromatic rings. The molecule has 1 N–H and O–H groups in total. The van der Waals surface area contributed by atoms with E-state index in [1.807, 2.05) is 17.5 Å². The summed E-state index contributed by atoms with van der Waals surface area (Å²) < 4.78 is 0. The molecule has 0 fully saturated rings. The first-order chi connectivity index (χ1) is 9.58. The molecule has 2 rings (SSSR count). The molecule has 0 atom stereocenters. The summed E-state index contributed by atoms with van der Waals surface area (Å²) in [5.41, 5.74) is 3.39. The van der Waals surface area contributed by atoms with Gasteiger partial charge in [0.05, 0.1) is 10.6 Å². The van der Waals surface area contributed by atoms with Crippen LogP contribution in [0.4, 0.5) is 5.69 Å². The number of rotatable bonds is 4. The number of nitrogens with zero attached hydrogens (tertiary/aromatic N) is 2. The molecule has 1 amide bonds. The number of hydrogen-bond acceptors (Lipinski definition) is 5. The van der Waals surface area contributed by atoms with Gasteiger partial charge in [0.2, 0.25) is 0 Å². The lowest BCUT2D eigenvalue weighted by Gasteiger charge is -2.01. The van der Waals surface area contributed by atoms with Gasteiger partial charge >= 0.3 is 0 Å². The molecule has 0 radical (unpaired) electrons. The second-order valence-electron chi connectivity index (χ2n) is 3.92. The second-order valence-corrected chi connectivity index (χ2v) is 4.87. The SMILES string of the molecule is C/C(=N/NC(=O)c1ccc([N+](=O)[O-])cc1)c1cccs1. The van der Waals surface area contributed by atoms with Crippen molar-refractivity contribution in [2.24, 2.45) is 5.10 Å². The van der Waals surface area contributed by atoms with Crippen LogP contribution < -0.4 is 5.43 Å². The number of nitro groups is 1. The number of thiophene rings is 1. The largest absolute Gasteiger partial charge is 0.271 e. The summed E-state index contributed by atoms with van der Waals surface area (Å²) >= 11 is 1.53. The zero-order chi connectivity index (χ0) is 14.5. The molecule has 102 valence electrons. The number of non-ortho nitro benzene ring substituents is 1. The van der Waals surface area contributed by atoms with Crippen molar-refractivity contribution in [3.05, 3.63) is 62.3 Å². The van der Waals surface area contributed by atoms with Crippen LogP contribution in [0.2, 0.25) is 0 Å². The maximum absolute atomic E-state index is 11.8. The Morgan fingerprint density at radius 1 is 1.30 bits per heavy atom. The van der Waals surface area contributed by atoms with Gasteiger partial charge in [0.25, 0.3) is 11.6 Å². The van der Waals surface area contributed by atoms with Crippen molar-refractivity contribution in [1.82, 2.24) is 5.43 Å². The fourth-order valence-electron chi connectivity index (χ4n) is 1.47. The first-order valence-corrected chi connectivity index (χ1v) is 6.59. The second kappa shape index (κ2) is 6.07. The number of amides is 1. The molecule has 0 aliphatic rings. The highest BCUT2D eigenvalue weighted by molar-refractivity contribution is 7.12. The normalized spacial score (nSPS) is 11.2.